The van der Waals surface area contributed by atoms with Crippen LogP contribution in [0.3, 0.4) is 0 Å². The van der Waals surface area contributed by atoms with Crippen LogP contribution >= 0.6 is 24.0 Å². The summed E-state index contributed by atoms with van der Waals surface area (Å²) < 4.78 is 0. The number of halogens is 2. The van der Waals surface area contributed by atoms with Crippen molar-refractivity contribution in [3.05, 3.63) is 76.8 Å². The van der Waals surface area contributed by atoms with Gasteiger partial charge in [0.15, 0.2) is 0 Å². The molecule has 2 rings (SSSR count). The molecule has 3 heteroatoms. The third-order valence-electron chi connectivity index (χ3n) is 2.75. The van der Waals surface area contributed by atoms with Crippen molar-refractivity contribution in [1.29, 1.82) is 0 Å². The molecule has 0 saturated heterocycles. The second-order valence-electron chi connectivity index (χ2n) is 4.05. The molecule has 0 aliphatic heterocycles. The van der Waals surface area contributed by atoms with E-state index in [-0.39, 0.29) is 12.4 Å². The van der Waals surface area contributed by atoms with E-state index in [1.54, 1.807) is 0 Å². The smallest absolute Gasteiger partial charge is 0.0406 e. The number of likely N-dealkylation sites (N-methyl/N-ethyl adjacent to an activating group) is 1. The minimum atomic E-state index is 0. The molecule has 0 heterocycles. The zero-order chi connectivity index (χ0) is 12.8. The molecule has 0 radical (unpaired) electrons. The highest BCUT2D eigenvalue weighted by molar-refractivity contribution is 6.30. The van der Waals surface area contributed by atoms with Gasteiger partial charge in [-0.05, 0) is 35.9 Å². The molecule has 0 atom stereocenters. The molecule has 0 spiro atoms. The minimum absolute atomic E-state index is 0. The average Bonchev–Trinajstić information content (AvgIpc) is 2.42. The molecule has 19 heavy (non-hydrogen) atoms. The molecule has 1 nitrogen and oxygen atoms in total. The summed E-state index contributed by atoms with van der Waals surface area (Å²) in [5.41, 5.74) is 3.62. The topological polar surface area (TPSA) is 12.0 Å². The quantitative estimate of drug-likeness (QED) is 0.880. The van der Waals surface area contributed by atoms with Crippen molar-refractivity contribution in [3.8, 4) is 0 Å². The van der Waals surface area contributed by atoms with E-state index in [1.807, 2.05) is 25.2 Å². The molecule has 0 fully saturated rings. The Kier molecular flexibility index (Phi) is 6.65. The standard InChI is InChI=1S/C16H16ClN.ClH/c1-18-12-11-16(13-5-3-2-4-6-13)14-7-9-15(17)10-8-14;/h2-11,18H,12H2,1H3;1H/b16-11+;. The zero-order valence-corrected chi connectivity index (χ0v) is 12.3. The second kappa shape index (κ2) is 8.00. The van der Waals surface area contributed by atoms with Gasteiger partial charge in [-0.2, -0.15) is 0 Å². The first-order valence-electron chi connectivity index (χ1n) is 5.97. The molecule has 0 bridgehead atoms. The fraction of sp³-hybridized carbons (Fsp3) is 0.125. The Balaban J connectivity index is 0.00000180. The Morgan fingerprint density at radius 1 is 1.00 bits per heavy atom. The summed E-state index contributed by atoms with van der Waals surface area (Å²) in [5, 5.41) is 3.91. The normalized spacial score (nSPS) is 10.9. The van der Waals surface area contributed by atoms with Crippen LogP contribution < -0.4 is 5.32 Å². The number of hydrogen-bond donors (Lipinski definition) is 1. The molecular formula is C16H17Cl2N. The summed E-state index contributed by atoms with van der Waals surface area (Å²) in [6, 6.07) is 18.3. The molecule has 0 unspecified atom stereocenters. The van der Waals surface area contributed by atoms with Crippen LogP contribution in [0.5, 0.6) is 0 Å². The van der Waals surface area contributed by atoms with E-state index in [2.05, 4.69) is 47.8 Å². The lowest BCUT2D eigenvalue weighted by molar-refractivity contribution is 0.920. The van der Waals surface area contributed by atoms with E-state index in [0.717, 1.165) is 11.6 Å². The molecule has 100 valence electrons. The van der Waals surface area contributed by atoms with Crippen LogP contribution in [-0.2, 0) is 0 Å². The van der Waals surface area contributed by atoms with Gasteiger partial charge in [0, 0.05) is 11.6 Å². The van der Waals surface area contributed by atoms with E-state index in [0.29, 0.717) is 0 Å². The van der Waals surface area contributed by atoms with Gasteiger partial charge in [0.2, 0.25) is 0 Å². The van der Waals surface area contributed by atoms with Gasteiger partial charge >= 0.3 is 0 Å². The third-order valence-corrected chi connectivity index (χ3v) is 3.00. The summed E-state index contributed by atoms with van der Waals surface area (Å²) in [7, 11) is 1.95. The van der Waals surface area contributed by atoms with E-state index in [1.165, 1.54) is 16.7 Å². The molecule has 0 amide bonds. The number of hydrogen-bond acceptors (Lipinski definition) is 1. The monoisotopic (exact) mass is 293 g/mol. The highest BCUT2D eigenvalue weighted by Crippen LogP contribution is 2.24. The van der Waals surface area contributed by atoms with Gasteiger partial charge in [-0.15, -0.1) is 12.4 Å². The van der Waals surface area contributed by atoms with Crippen molar-refractivity contribution in [2.45, 2.75) is 0 Å². The van der Waals surface area contributed by atoms with Crippen LogP contribution in [0.2, 0.25) is 5.02 Å². The maximum atomic E-state index is 5.93. The Morgan fingerprint density at radius 2 is 1.58 bits per heavy atom. The van der Waals surface area contributed by atoms with E-state index < -0.39 is 0 Å². The summed E-state index contributed by atoms with van der Waals surface area (Å²) in [6.45, 7) is 0.840. The lowest BCUT2D eigenvalue weighted by Gasteiger charge is -2.09. The molecule has 0 aliphatic rings. The maximum Gasteiger partial charge on any atom is 0.0406 e. The molecule has 1 N–H and O–H groups in total. The molecule has 2 aromatic rings. The van der Waals surface area contributed by atoms with Crippen LogP contribution in [0.15, 0.2) is 60.7 Å². The number of benzene rings is 2. The first-order valence-corrected chi connectivity index (χ1v) is 6.35. The van der Waals surface area contributed by atoms with Gasteiger partial charge in [-0.3, -0.25) is 0 Å². The van der Waals surface area contributed by atoms with Crippen LogP contribution in [0.4, 0.5) is 0 Å². The van der Waals surface area contributed by atoms with Crippen LogP contribution in [0.1, 0.15) is 11.1 Å². The fourth-order valence-electron chi connectivity index (χ4n) is 1.85. The summed E-state index contributed by atoms with van der Waals surface area (Å²) in [6.07, 6.45) is 2.19. The molecular weight excluding hydrogens is 277 g/mol. The van der Waals surface area contributed by atoms with Crippen LogP contribution in [0.25, 0.3) is 5.57 Å². The van der Waals surface area contributed by atoms with E-state index >= 15 is 0 Å². The van der Waals surface area contributed by atoms with Gasteiger partial charge in [0.1, 0.15) is 0 Å². The predicted octanol–water partition coefficient (Wildman–Crippen LogP) is 4.41. The van der Waals surface area contributed by atoms with E-state index in [4.69, 9.17) is 11.6 Å². The highest BCUT2D eigenvalue weighted by Gasteiger charge is 2.03. The molecule has 0 saturated carbocycles. The predicted molar refractivity (Wildman–Crippen MR) is 86.1 cm³/mol. The highest BCUT2D eigenvalue weighted by atomic mass is 35.5. The summed E-state index contributed by atoms with van der Waals surface area (Å²) >= 11 is 5.93. The third kappa shape index (κ3) is 4.39. The SMILES string of the molecule is CNC/C=C(\c1ccccc1)c1ccc(Cl)cc1.Cl. The average molecular weight is 294 g/mol. The van der Waals surface area contributed by atoms with Gasteiger partial charge in [-0.25, -0.2) is 0 Å². The molecule has 0 aliphatic carbocycles. The maximum absolute atomic E-state index is 5.93. The van der Waals surface area contributed by atoms with Gasteiger partial charge in [0.05, 0.1) is 0 Å². The lowest BCUT2D eigenvalue weighted by atomic mass is 9.97. The second-order valence-corrected chi connectivity index (χ2v) is 4.48. The number of nitrogens with one attached hydrogen (secondary N) is 1. The number of rotatable bonds is 4. The lowest BCUT2D eigenvalue weighted by Crippen LogP contribution is -2.05. The first kappa shape index (κ1) is 15.8. The Labute approximate surface area is 125 Å². The summed E-state index contributed by atoms with van der Waals surface area (Å²) in [5.74, 6) is 0. The zero-order valence-electron chi connectivity index (χ0n) is 10.8. The van der Waals surface area contributed by atoms with Crippen LogP contribution in [-0.4, -0.2) is 13.6 Å². The first-order chi connectivity index (χ1) is 8.81. The van der Waals surface area contributed by atoms with Crippen molar-refractivity contribution in [1.82, 2.24) is 5.32 Å². The van der Waals surface area contributed by atoms with Crippen molar-refractivity contribution >= 4 is 29.6 Å². The molecule has 0 aromatic heterocycles. The van der Waals surface area contributed by atoms with Crippen LogP contribution in [0, 0.1) is 0 Å². The summed E-state index contributed by atoms with van der Waals surface area (Å²) in [4.78, 5) is 0. The van der Waals surface area contributed by atoms with Crippen molar-refractivity contribution in [3.63, 3.8) is 0 Å². The Hall–Kier alpha value is -1.28. The van der Waals surface area contributed by atoms with Crippen molar-refractivity contribution in [2.24, 2.45) is 0 Å². The van der Waals surface area contributed by atoms with E-state index in [9.17, 15) is 0 Å². The molecule has 2 aromatic carbocycles. The van der Waals surface area contributed by atoms with Gasteiger partial charge in [0.25, 0.3) is 0 Å². The Morgan fingerprint density at radius 3 is 2.16 bits per heavy atom. The van der Waals surface area contributed by atoms with Crippen molar-refractivity contribution in [2.75, 3.05) is 13.6 Å². The fourth-order valence-corrected chi connectivity index (χ4v) is 1.98. The largest absolute Gasteiger partial charge is 0.316 e. The van der Waals surface area contributed by atoms with Gasteiger partial charge in [-0.1, -0.05) is 60.1 Å². The Bertz CT molecular complexity index is 518. The van der Waals surface area contributed by atoms with Crippen molar-refractivity contribution < 1.29 is 0 Å². The van der Waals surface area contributed by atoms with Gasteiger partial charge < -0.3 is 5.32 Å². The minimum Gasteiger partial charge on any atom is -0.316 e.